The lowest BCUT2D eigenvalue weighted by Gasteiger charge is -2.03. The lowest BCUT2D eigenvalue weighted by molar-refractivity contribution is 0.463. The van der Waals surface area contributed by atoms with Gasteiger partial charge in [0.25, 0.3) is 16.7 Å². The van der Waals surface area contributed by atoms with Crippen molar-refractivity contribution in [1.82, 2.24) is 19.6 Å². The number of furan rings is 1. The fourth-order valence-electron chi connectivity index (χ4n) is 2.45. The molecule has 0 N–H and O–H groups in total. The lowest BCUT2D eigenvalue weighted by Crippen LogP contribution is -2.15. The molecule has 0 bridgehead atoms. The van der Waals surface area contributed by atoms with Crippen LogP contribution in [0.3, 0.4) is 0 Å². The molecule has 0 radical (unpaired) electrons. The summed E-state index contributed by atoms with van der Waals surface area (Å²) in [6, 6.07) is 7.07. The van der Waals surface area contributed by atoms with Crippen LogP contribution in [-0.4, -0.2) is 19.6 Å². The molecule has 0 spiro atoms. The van der Waals surface area contributed by atoms with Crippen molar-refractivity contribution >= 4 is 17.4 Å². The number of pyridine rings is 1. The van der Waals surface area contributed by atoms with Crippen molar-refractivity contribution in [2.75, 3.05) is 0 Å². The molecule has 0 atom stereocenters. The van der Waals surface area contributed by atoms with E-state index in [2.05, 4.69) is 15.2 Å². The average Bonchev–Trinajstić information content (AvgIpc) is 3.22. The van der Waals surface area contributed by atoms with Crippen molar-refractivity contribution in [3.05, 3.63) is 64.1 Å². The summed E-state index contributed by atoms with van der Waals surface area (Å²) in [6.45, 7) is 3.77. The predicted octanol–water partition coefficient (Wildman–Crippen LogP) is 3.25. The van der Waals surface area contributed by atoms with E-state index < -0.39 is 0 Å². The Labute approximate surface area is 146 Å². The Kier molecular flexibility index (Phi) is 3.89. The topological polar surface area (TPSA) is 86.4 Å². The highest BCUT2D eigenvalue weighted by molar-refractivity contribution is 7.98. The second-order valence-corrected chi connectivity index (χ2v) is 6.50. The minimum atomic E-state index is -0.107. The van der Waals surface area contributed by atoms with Crippen LogP contribution in [0.2, 0.25) is 0 Å². The van der Waals surface area contributed by atoms with E-state index >= 15 is 0 Å². The van der Waals surface area contributed by atoms with Crippen LogP contribution in [-0.2, 0) is 5.75 Å². The van der Waals surface area contributed by atoms with Crippen molar-refractivity contribution in [3.8, 4) is 11.5 Å². The number of aromatic nitrogens is 4. The molecule has 4 aromatic rings. The Balaban J connectivity index is 1.55. The van der Waals surface area contributed by atoms with Gasteiger partial charge in [0, 0.05) is 18.0 Å². The molecule has 7 nitrogen and oxygen atoms in total. The maximum Gasteiger partial charge on any atom is 0.277 e. The summed E-state index contributed by atoms with van der Waals surface area (Å²) in [4.78, 5) is 16.7. The predicted molar refractivity (Wildman–Crippen MR) is 92.5 cm³/mol. The van der Waals surface area contributed by atoms with Crippen molar-refractivity contribution < 1.29 is 8.83 Å². The molecule has 0 aromatic carbocycles. The van der Waals surface area contributed by atoms with Gasteiger partial charge in [-0.2, -0.15) is 0 Å². The molecule has 4 heterocycles. The zero-order chi connectivity index (χ0) is 17.4. The van der Waals surface area contributed by atoms with E-state index in [1.807, 2.05) is 26.0 Å². The Morgan fingerprint density at radius 2 is 2.08 bits per heavy atom. The summed E-state index contributed by atoms with van der Waals surface area (Å²) >= 11 is 1.34. The summed E-state index contributed by atoms with van der Waals surface area (Å²) in [5, 5.41) is 8.46. The van der Waals surface area contributed by atoms with Gasteiger partial charge in [0.15, 0.2) is 0 Å². The van der Waals surface area contributed by atoms with Crippen LogP contribution in [0.15, 0.2) is 55.6 Å². The zero-order valence-corrected chi connectivity index (χ0v) is 14.4. The van der Waals surface area contributed by atoms with Gasteiger partial charge in [-0.3, -0.25) is 9.20 Å². The molecule has 0 aliphatic rings. The molecular weight excluding hydrogens is 340 g/mol. The molecule has 4 aromatic heterocycles. The normalized spacial score (nSPS) is 11.3. The molecule has 0 saturated carbocycles. The Bertz CT molecular complexity index is 1110. The maximum atomic E-state index is 12.2. The maximum absolute atomic E-state index is 12.2. The zero-order valence-electron chi connectivity index (χ0n) is 13.6. The van der Waals surface area contributed by atoms with E-state index in [9.17, 15) is 4.79 Å². The lowest BCUT2D eigenvalue weighted by atomic mass is 10.3. The fraction of sp³-hybridized carbons (Fsp3) is 0.176. The van der Waals surface area contributed by atoms with E-state index in [1.54, 1.807) is 18.5 Å². The number of nitrogens with zero attached hydrogens (tertiary/aromatic N) is 4. The quantitative estimate of drug-likeness (QED) is 0.520. The SMILES string of the molecule is Cc1ccc2nc(CSc3nnc(-c4ccoc4C)o3)cc(=O)n2c1. The second-order valence-electron chi connectivity index (χ2n) is 5.57. The molecule has 0 saturated heterocycles. The average molecular weight is 354 g/mol. The van der Waals surface area contributed by atoms with Crippen molar-refractivity contribution in [1.29, 1.82) is 0 Å². The largest absolute Gasteiger partial charge is 0.469 e. The highest BCUT2D eigenvalue weighted by atomic mass is 32.2. The number of aryl methyl sites for hydroxylation is 2. The Hall–Kier alpha value is -2.87. The van der Waals surface area contributed by atoms with Gasteiger partial charge >= 0.3 is 0 Å². The third kappa shape index (κ3) is 3.08. The number of hydrogen-bond acceptors (Lipinski definition) is 7. The van der Waals surface area contributed by atoms with Gasteiger partial charge in [0.05, 0.1) is 17.5 Å². The van der Waals surface area contributed by atoms with Crippen molar-refractivity contribution in [3.63, 3.8) is 0 Å². The summed E-state index contributed by atoms with van der Waals surface area (Å²) in [5.74, 6) is 1.60. The Morgan fingerprint density at radius 1 is 1.20 bits per heavy atom. The summed E-state index contributed by atoms with van der Waals surface area (Å²) < 4.78 is 12.4. The van der Waals surface area contributed by atoms with Crippen LogP contribution in [0.5, 0.6) is 0 Å². The number of hydrogen-bond donors (Lipinski definition) is 0. The molecular formula is C17H14N4O3S. The third-order valence-corrected chi connectivity index (χ3v) is 4.55. The first-order valence-corrected chi connectivity index (χ1v) is 8.58. The first kappa shape index (κ1) is 15.6. The summed E-state index contributed by atoms with van der Waals surface area (Å²) in [7, 11) is 0. The van der Waals surface area contributed by atoms with Crippen LogP contribution in [0.4, 0.5) is 0 Å². The molecule has 0 aliphatic carbocycles. The van der Waals surface area contributed by atoms with E-state index in [0.717, 1.165) is 16.9 Å². The van der Waals surface area contributed by atoms with E-state index in [4.69, 9.17) is 8.83 Å². The van der Waals surface area contributed by atoms with E-state index in [-0.39, 0.29) is 5.56 Å². The standard InChI is InChI=1S/C17H14N4O3S/c1-10-3-4-14-18-12(7-15(22)21(14)8-10)9-25-17-20-19-16(24-17)13-5-6-23-11(13)2/h3-8H,9H2,1-2H3. The van der Waals surface area contributed by atoms with Crippen LogP contribution >= 0.6 is 11.8 Å². The highest BCUT2D eigenvalue weighted by Crippen LogP contribution is 2.27. The van der Waals surface area contributed by atoms with Gasteiger partial charge in [-0.15, -0.1) is 10.2 Å². The minimum absolute atomic E-state index is 0.107. The third-order valence-electron chi connectivity index (χ3n) is 3.70. The first-order valence-electron chi connectivity index (χ1n) is 7.60. The van der Waals surface area contributed by atoms with Gasteiger partial charge in [-0.1, -0.05) is 17.8 Å². The van der Waals surface area contributed by atoms with Crippen LogP contribution in [0, 0.1) is 13.8 Å². The van der Waals surface area contributed by atoms with Crippen LogP contribution in [0.1, 0.15) is 17.0 Å². The molecule has 8 heteroatoms. The number of rotatable bonds is 4. The molecule has 0 fully saturated rings. The fourth-order valence-corrected chi connectivity index (χ4v) is 3.11. The molecule has 0 aliphatic heterocycles. The van der Waals surface area contributed by atoms with Gasteiger partial charge in [0.1, 0.15) is 11.4 Å². The molecule has 25 heavy (non-hydrogen) atoms. The van der Waals surface area contributed by atoms with Crippen molar-refractivity contribution in [2.45, 2.75) is 24.8 Å². The summed E-state index contributed by atoms with van der Waals surface area (Å²) in [6.07, 6.45) is 3.36. The van der Waals surface area contributed by atoms with Gasteiger partial charge in [-0.25, -0.2) is 4.98 Å². The van der Waals surface area contributed by atoms with E-state index in [1.165, 1.54) is 22.2 Å². The van der Waals surface area contributed by atoms with Crippen molar-refractivity contribution in [2.24, 2.45) is 0 Å². The van der Waals surface area contributed by atoms with E-state index in [0.29, 0.717) is 28.2 Å². The molecule has 126 valence electrons. The highest BCUT2D eigenvalue weighted by Gasteiger charge is 2.13. The number of fused-ring (bicyclic) bond motifs is 1. The van der Waals surface area contributed by atoms with Gasteiger partial charge in [0.2, 0.25) is 0 Å². The smallest absolute Gasteiger partial charge is 0.277 e. The monoisotopic (exact) mass is 354 g/mol. The Morgan fingerprint density at radius 3 is 2.88 bits per heavy atom. The van der Waals surface area contributed by atoms with Crippen LogP contribution < -0.4 is 5.56 Å². The molecule has 0 amide bonds. The van der Waals surface area contributed by atoms with Gasteiger partial charge in [-0.05, 0) is 31.5 Å². The van der Waals surface area contributed by atoms with Crippen LogP contribution in [0.25, 0.3) is 17.1 Å². The second kappa shape index (κ2) is 6.21. The first-order chi connectivity index (χ1) is 12.1. The summed E-state index contributed by atoms with van der Waals surface area (Å²) in [5.41, 5.74) is 2.96. The minimum Gasteiger partial charge on any atom is -0.469 e. The molecule has 0 unspecified atom stereocenters. The number of thioether (sulfide) groups is 1. The molecule has 4 rings (SSSR count). The van der Waals surface area contributed by atoms with Gasteiger partial charge < -0.3 is 8.83 Å².